The Morgan fingerprint density at radius 1 is 1.19 bits per heavy atom. The number of rotatable bonds is 6. The zero-order valence-corrected chi connectivity index (χ0v) is 15.3. The number of nitro groups is 1. The van der Waals surface area contributed by atoms with Gasteiger partial charge in [0.05, 0.1) is 11.1 Å². The molecule has 0 atom stereocenters. The molecular formula is C16H19N7O4. The maximum absolute atomic E-state index is 11.2. The second-order valence-electron chi connectivity index (χ2n) is 6.10. The maximum Gasteiger partial charge on any atom is 0.315 e. The molecule has 2 heterocycles. The molecule has 0 aliphatic carbocycles. The lowest BCUT2D eigenvalue weighted by atomic mass is 10.2. The van der Waals surface area contributed by atoms with E-state index in [0.29, 0.717) is 28.9 Å². The molecule has 1 N–H and O–H groups in total. The Labute approximate surface area is 155 Å². The van der Waals surface area contributed by atoms with Crippen molar-refractivity contribution in [3.63, 3.8) is 0 Å². The molecule has 0 unspecified atom stereocenters. The predicted molar refractivity (Wildman–Crippen MR) is 101 cm³/mol. The maximum atomic E-state index is 11.2. The number of hydrogen-bond acceptors (Lipinski definition) is 10. The first-order chi connectivity index (χ1) is 12.8. The van der Waals surface area contributed by atoms with Gasteiger partial charge in [-0.1, -0.05) is 0 Å². The van der Waals surface area contributed by atoms with Gasteiger partial charge in [-0.25, -0.2) is 0 Å². The fourth-order valence-corrected chi connectivity index (χ4v) is 2.30. The number of hydrogen-bond donors (Lipinski definition) is 1. The van der Waals surface area contributed by atoms with Crippen molar-refractivity contribution in [3.8, 4) is 11.5 Å². The van der Waals surface area contributed by atoms with Crippen LogP contribution in [0.15, 0.2) is 23.3 Å². The molecule has 0 spiro atoms. The Balaban J connectivity index is 1.84. The van der Waals surface area contributed by atoms with E-state index in [9.17, 15) is 10.1 Å². The van der Waals surface area contributed by atoms with Crippen molar-refractivity contribution in [2.75, 3.05) is 50.2 Å². The van der Waals surface area contributed by atoms with Gasteiger partial charge >= 0.3 is 5.69 Å². The molecule has 142 valence electrons. The number of nitrogens with zero attached hydrogens (tertiary/aromatic N) is 6. The second kappa shape index (κ2) is 7.32. The van der Waals surface area contributed by atoms with E-state index in [0.717, 1.165) is 0 Å². The third-order valence-electron chi connectivity index (χ3n) is 3.62. The fourth-order valence-electron chi connectivity index (χ4n) is 2.30. The van der Waals surface area contributed by atoms with Crippen LogP contribution in [0.1, 0.15) is 5.56 Å². The molecule has 0 amide bonds. The van der Waals surface area contributed by atoms with Crippen molar-refractivity contribution in [2.24, 2.45) is 5.10 Å². The molecule has 27 heavy (non-hydrogen) atoms. The molecule has 11 heteroatoms. The van der Waals surface area contributed by atoms with E-state index >= 15 is 0 Å². The van der Waals surface area contributed by atoms with Gasteiger partial charge in [0.15, 0.2) is 11.6 Å². The number of anilines is 3. The van der Waals surface area contributed by atoms with Crippen LogP contribution in [-0.2, 0) is 0 Å². The van der Waals surface area contributed by atoms with E-state index in [-0.39, 0.29) is 18.2 Å². The predicted octanol–water partition coefficient (Wildman–Crippen LogP) is 1.69. The minimum absolute atomic E-state index is 0.0451. The number of benzene rings is 1. The van der Waals surface area contributed by atoms with Crippen molar-refractivity contribution < 1.29 is 14.4 Å². The van der Waals surface area contributed by atoms with Crippen LogP contribution in [0, 0.1) is 10.1 Å². The lowest BCUT2D eigenvalue weighted by molar-refractivity contribution is -0.385. The van der Waals surface area contributed by atoms with Crippen LogP contribution in [-0.4, -0.2) is 56.1 Å². The van der Waals surface area contributed by atoms with Crippen LogP contribution in [0.4, 0.5) is 23.3 Å². The van der Waals surface area contributed by atoms with Crippen molar-refractivity contribution in [2.45, 2.75) is 0 Å². The zero-order valence-electron chi connectivity index (χ0n) is 15.3. The molecule has 1 aromatic carbocycles. The number of fused-ring (bicyclic) bond motifs is 1. The number of nitro benzene ring substituents is 1. The molecule has 1 aromatic heterocycles. The summed E-state index contributed by atoms with van der Waals surface area (Å²) in [6.07, 6.45) is 1.45. The molecular weight excluding hydrogens is 354 g/mol. The summed E-state index contributed by atoms with van der Waals surface area (Å²) in [6, 6.07) is 4.73. The van der Waals surface area contributed by atoms with Crippen LogP contribution in [0.3, 0.4) is 0 Å². The van der Waals surface area contributed by atoms with Crippen LogP contribution >= 0.6 is 0 Å². The summed E-state index contributed by atoms with van der Waals surface area (Å²) < 4.78 is 10.4. The first-order valence-electron chi connectivity index (χ1n) is 7.96. The average Bonchev–Trinajstić information content (AvgIpc) is 3.09. The van der Waals surface area contributed by atoms with Gasteiger partial charge in [-0.15, -0.1) is 0 Å². The standard InChI is InChI=1S/C16H19N7O4/c1-21(2)14-7-13(18-16(19-14)22(3)4)20-17-8-10-5-11(23(24)25)15-12(6-10)26-9-27-15/h5-8H,9H2,1-4H3,(H,18,19,20)/b17-8-. The smallest absolute Gasteiger partial charge is 0.315 e. The van der Waals surface area contributed by atoms with Gasteiger partial charge in [0, 0.05) is 45.9 Å². The summed E-state index contributed by atoms with van der Waals surface area (Å²) in [6.45, 7) is -0.0451. The summed E-state index contributed by atoms with van der Waals surface area (Å²) >= 11 is 0. The number of hydrazone groups is 1. The summed E-state index contributed by atoms with van der Waals surface area (Å²) in [5.41, 5.74) is 3.15. The lowest BCUT2D eigenvalue weighted by Gasteiger charge is -2.16. The molecule has 1 aliphatic rings. The van der Waals surface area contributed by atoms with Crippen molar-refractivity contribution in [1.82, 2.24) is 9.97 Å². The highest BCUT2D eigenvalue weighted by Gasteiger charge is 2.26. The first-order valence-corrected chi connectivity index (χ1v) is 7.96. The zero-order chi connectivity index (χ0) is 19.6. The van der Waals surface area contributed by atoms with Gasteiger partial charge in [-0.3, -0.25) is 15.5 Å². The number of ether oxygens (including phenoxy) is 2. The normalized spacial score (nSPS) is 12.3. The van der Waals surface area contributed by atoms with Gasteiger partial charge < -0.3 is 19.3 Å². The molecule has 2 aromatic rings. The third-order valence-corrected chi connectivity index (χ3v) is 3.62. The Bertz CT molecular complexity index is 872. The van der Waals surface area contributed by atoms with Crippen LogP contribution in [0.5, 0.6) is 11.5 Å². The molecule has 3 rings (SSSR count). The SMILES string of the molecule is CN(C)c1cc(N/N=C\c2cc3c(c([N+](=O)[O-])c2)OCO3)nc(N(C)C)n1. The number of nitrogens with one attached hydrogen (secondary N) is 1. The molecule has 0 saturated carbocycles. The van der Waals surface area contributed by atoms with E-state index in [2.05, 4.69) is 20.5 Å². The van der Waals surface area contributed by atoms with Crippen molar-refractivity contribution in [1.29, 1.82) is 0 Å². The topological polar surface area (TPSA) is 118 Å². The lowest BCUT2D eigenvalue weighted by Crippen LogP contribution is -2.17. The Morgan fingerprint density at radius 3 is 2.63 bits per heavy atom. The third kappa shape index (κ3) is 3.97. The van der Waals surface area contributed by atoms with Crippen LogP contribution < -0.4 is 24.7 Å². The van der Waals surface area contributed by atoms with Crippen LogP contribution in [0.25, 0.3) is 0 Å². The highest BCUT2D eigenvalue weighted by molar-refractivity contribution is 5.84. The fraction of sp³-hybridized carbons (Fsp3) is 0.312. The summed E-state index contributed by atoms with van der Waals surface area (Å²) in [5.74, 6) is 2.18. The molecule has 1 aliphatic heterocycles. The van der Waals surface area contributed by atoms with E-state index < -0.39 is 4.92 Å². The van der Waals surface area contributed by atoms with Crippen molar-refractivity contribution >= 4 is 29.5 Å². The Morgan fingerprint density at radius 2 is 1.96 bits per heavy atom. The summed E-state index contributed by atoms with van der Waals surface area (Å²) in [7, 11) is 7.43. The van der Waals surface area contributed by atoms with Gasteiger partial charge in [-0.2, -0.15) is 15.1 Å². The van der Waals surface area contributed by atoms with Gasteiger partial charge in [0.1, 0.15) is 5.82 Å². The largest absolute Gasteiger partial charge is 0.453 e. The summed E-state index contributed by atoms with van der Waals surface area (Å²) in [4.78, 5) is 23.1. The van der Waals surface area contributed by atoms with E-state index in [4.69, 9.17) is 9.47 Å². The van der Waals surface area contributed by atoms with E-state index in [1.807, 2.05) is 33.1 Å². The molecule has 0 saturated heterocycles. The Hall–Kier alpha value is -3.63. The number of aromatic nitrogens is 2. The van der Waals surface area contributed by atoms with Gasteiger partial charge in [0.2, 0.25) is 18.5 Å². The minimum Gasteiger partial charge on any atom is -0.453 e. The van der Waals surface area contributed by atoms with Gasteiger partial charge in [0.25, 0.3) is 0 Å². The monoisotopic (exact) mass is 373 g/mol. The average molecular weight is 373 g/mol. The molecule has 0 radical (unpaired) electrons. The minimum atomic E-state index is -0.518. The van der Waals surface area contributed by atoms with E-state index in [1.165, 1.54) is 12.3 Å². The molecule has 0 fully saturated rings. The quantitative estimate of drug-likeness (QED) is 0.458. The second-order valence-corrected chi connectivity index (χ2v) is 6.10. The van der Waals surface area contributed by atoms with Gasteiger partial charge in [-0.05, 0) is 6.07 Å². The van der Waals surface area contributed by atoms with E-state index in [1.54, 1.807) is 17.0 Å². The Kier molecular flexibility index (Phi) is 4.92. The summed E-state index contributed by atoms with van der Waals surface area (Å²) in [5, 5.41) is 15.3. The highest BCUT2D eigenvalue weighted by Crippen LogP contribution is 2.41. The van der Waals surface area contributed by atoms with Crippen molar-refractivity contribution in [3.05, 3.63) is 33.9 Å². The highest BCUT2D eigenvalue weighted by atomic mass is 16.7. The molecule has 11 nitrogen and oxygen atoms in total. The van der Waals surface area contributed by atoms with Crippen LogP contribution in [0.2, 0.25) is 0 Å². The molecule has 0 bridgehead atoms. The first kappa shape index (κ1) is 18.2.